The molecule has 0 aliphatic carbocycles. The number of benzene rings is 1. The van der Waals surface area contributed by atoms with E-state index in [4.69, 9.17) is 5.26 Å². The summed E-state index contributed by atoms with van der Waals surface area (Å²) in [5, 5.41) is 12.3. The van der Waals surface area contributed by atoms with Crippen molar-refractivity contribution in [2.24, 2.45) is 5.41 Å². The van der Waals surface area contributed by atoms with Crippen LogP contribution in [0.15, 0.2) is 23.1 Å². The predicted octanol–water partition coefficient (Wildman–Crippen LogP) is 2.05. The number of aryl methyl sites for hydroxylation is 1. The van der Waals surface area contributed by atoms with Gasteiger partial charge in [0.25, 0.3) is 0 Å². The van der Waals surface area contributed by atoms with Gasteiger partial charge in [-0.15, -0.1) is 12.4 Å². The highest BCUT2D eigenvalue weighted by Crippen LogP contribution is 2.40. The van der Waals surface area contributed by atoms with Crippen LogP contribution >= 0.6 is 12.4 Å². The molecule has 0 bridgehead atoms. The summed E-state index contributed by atoms with van der Waals surface area (Å²) < 4.78 is 27.3. The van der Waals surface area contributed by atoms with Crippen molar-refractivity contribution in [2.45, 2.75) is 31.1 Å². The third-order valence-electron chi connectivity index (χ3n) is 5.02. The van der Waals surface area contributed by atoms with E-state index in [0.29, 0.717) is 29.1 Å². The monoisotopic (exact) mass is 355 g/mol. The van der Waals surface area contributed by atoms with Crippen molar-refractivity contribution in [3.05, 3.63) is 29.3 Å². The fraction of sp³-hybridized carbons (Fsp3) is 0.562. The van der Waals surface area contributed by atoms with Gasteiger partial charge in [0.2, 0.25) is 10.0 Å². The van der Waals surface area contributed by atoms with Crippen molar-refractivity contribution in [1.82, 2.24) is 9.62 Å². The summed E-state index contributed by atoms with van der Waals surface area (Å²) in [4.78, 5) is 0.301. The van der Waals surface area contributed by atoms with Crippen LogP contribution in [0.25, 0.3) is 0 Å². The number of sulfonamides is 1. The highest BCUT2D eigenvalue weighted by molar-refractivity contribution is 7.89. The van der Waals surface area contributed by atoms with Crippen molar-refractivity contribution in [3.8, 4) is 6.07 Å². The molecule has 7 heteroatoms. The van der Waals surface area contributed by atoms with Crippen LogP contribution in [0.4, 0.5) is 0 Å². The molecule has 3 rings (SSSR count). The molecule has 0 amide bonds. The van der Waals surface area contributed by atoms with Gasteiger partial charge < -0.3 is 5.32 Å². The molecule has 1 spiro atoms. The van der Waals surface area contributed by atoms with E-state index < -0.39 is 10.0 Å². The van der Waals surface area contributed by atoms with Crippen LogP contribution < -0.4 is 5.32 Å². The zero-order valence-electron chi connectivity index (χ0n) is 13.2. The third-order valence-corrected chi connectivity index (χ3v) is 6.86. The molecule has 1 aromatic rings. The second-order valence-electron chi connectivity index (χ2n) is 6.43. The minimum atomic E-state index is -3.46. The minimum absolute atomic E-state index is 0. The first-order chi connectivity index (χ1) is 10.5. The van der Waals surface area contributed by atoms with Gasteiger partial charge in [-0.2, -0.15) is 9.57 Å². The molecule has 1 N–H and O–H groups in total. The average Bonchev–Trinajstić information content (AvgIpc) is 2.92. The van der Waals surface area contributed by atoms with Crippen LogP contribution in [0.1, 0.15) is 30.4 Å². The van der Waals surface area contributed by atoms with Crippen LogP contribution in [0, 0.1) is 23.7 Å². The van der Waals surface area contributed by atoms with Crippen molar-refractivity contribution in [1.29, 1.82) is 5.26 Å². The van der Waals surface area contributed by atoms with E-state index in [0.717, 1.165) is 32.4 Å². The molecule has 2 fully saturated rings. The lowest BCUT2D eigenvalue weighted by atomic mass is 9.78. The van der Waals surface area contributed by atoms with E-state index in [1.54, 1.807) is 29.4 Å². The second kappa shape index (κ2) is 6.78. The lowest BCUT2D eigenvalue weighted by molar-refractivity contribution is 0.218. The summed E-state index contributed by atoms with van der Waals surface area (Å²) in [6.45, 7) is 4.95. The summed E-state index contributed by atoms with van der Waals surface area (Å²) in [6, 6.07) is 6.83. The molecule has 0 atom stereocenters. The Morgan fingerprint density at radius 2 is 1.96 bits per heavy atom. The summed E-state index contributed by atoms with van der Waals surface area (Å²) in [5.74, 6) is 0. The maximum Gasteiger partial charge on any atom is 0.243 e. The quantitative estimate of drug-likeness (QED) is 0.881. The first-order valence-corrected chi connectivity index (χ1v) is 9.13. The van der Waals surface area contributed by atoms with E-state index in [1.807, 2.05) is 0 Å². The van der Waals surface area contributed by atoms with Crippen LogP contribution in [-0.4, -0.2) is 38.9 Å². The van der Waals surface area contributed by atoms with Crippen LogP contribution in [0.3, 0.4) is 0 Å². The minimum Gasteiger partial charge on any atom is -0.317 e. The molecule has 2 aliphatic heterocycles. The van der Waals surface area contributed by atoms with E-state index in [-0.39, 0.29) is 17.8 Å². The Hall–Kier alpha value is -1.13. The standard InChI is InChI=1S/C16H21N3O2S.ClH/c1-13-10-15(3-2-14(13)11-17)22(20,21)19-9-6-16(12-19)4-7-18-8-5-16;/h2-3,10,18H,4-9,12H2,1H3;1H. The van der Waals surface area contributed by atoms with Gasteiger partial charge in [0.05, 0.1) is 16.5 Å². The number of nitrogens with one attached hydrogen (secondary N) is 1. The highest BCUT2D eigenvalue weighted by atomic mass is 35.5. The zero-order valence-corrected chi connectivity index (χ0v) is 14.8. The number of hydrogen-bond donors (Lipinski definition) is 1. The Labute approximate surface area is 144 Å². The van der Waals surface area contributed by atoms with Gasteiger partial charge >= 0.3 is 0 Å². The van der Waals surface area contributed by atoms with E-state index in [2.05, 4.69) is 11.4 Å². The fourth-order valence-corrected chi connectivity index (χ4v) is 5.17. The Morgan fingerprint density at radius 3 is 2.57 bits per heavy atom. The largest absolute Gasteiger partial charge is 0.317 e. The fourth-order valence-electron chi connectivity index (χ4n) is 3.54. The second-order valence-corrected chi connectivity index (χ2v) is 8.37. The molecule has 0 saturated carbocycles. The zero-order chi connectivity index (χ0) is 15.8. The predicted molar refractivity (Wildman–Crippen MR) is 91.1 cm³/mol. The Kier molecular flexibility index (Phi) is 5.37. The molecular weight excluding hydrogens is 334 g/mol. The van der Waals surface area contributed by atoms with Crippen LogP contribution in [0.2, 0.25) is 0 Å². The van der Waals surface area contributed by atoms with Crippen molar-refractivity contribution >= 4 is 22.4 Å². The average molecular weight is 356 g/mol. The van der Waals surface area contributed by atoms with E-state index in [9.17, 15) is 8.42 Å². The molecule has 0 aromatic heterocycles. The molecule has 5 nitrogen and oxygen atoms in total. The highest BCUT2D eigenvalue weighted by Gasteiger charge is 2.43. The normalized spacial score (nSPS) is 20.9. The van der Waals surface area contributed by atoms with Crippen molar-refractivity contribution in [3.63, 3.8) is 0 Å². The smallest absolute Gasteiger partial charge is 0.243 e. The molecular formula is C16H22ClN3O2S. The molecule has 2 aliphatic rings. The number of nitriles is 1. The molecule has 0 radical (unpaired) electrons. The summed E-state index contributed by atoms with van der Waals surface area (Å²) in [6.07, 6.45) is 3.04. The summed E-state index contributed by atoms with van der Waals surface area (Å²) in [7, 11) is -3.46. The van der Waals surface area contributed by atoms with Crippen molar-refractivity contribution in [2.75, 3.05) is 26.2 Å². The Balaban J connectivity index is 0.00000192. The number of nitrogens with zero attached hydrogens (tertiary/aromatic N) is 2. The van der Waals surface area contributed by atoms with Gasteiger partial charge in [0.1, 0.15) is 0 Å². The van der Waals surface area contributed by atoms with Crippen molar-refractivity contribution < 1.29 is 8.42 Å². The molecule has 2 heterocycles. The van der Waals surface area contributed by atoms with Gasteiger partial charge in [-0.05, 0) is 68.5 Å². The van der Waals surface area contributed by atoms with Gasteiger partial charge in [-0.3, -0.25) is 0 Å². The number of hydrogen-bond acceptors (Lipinski definition) is 4. The maximum atomic E-state index is 12.8. The van der Waals surface area contributed by atoms with Crippen LogP contribution in [0.5, 0.6) is 0 Å². The van der Waals surface area contributed by atoms with E-state index in [1.165, 1.54) is 0 Å². The van der Waals surface area contributed by atoms with Gasteiger partial charge in [0.15, 0.2) is 0 Å². The van der Waals surface area contributed by atoms with Gasteiger partial charge in [0, 0.05) is 13.1 Å². The molecule has 0 unspecified atom stereocenters. The molecule has 1 aromatic carbocycles. The number of halogens is 1. The Bertz CT molecular complexity index is 721. The van der Waals surface area contributed by atoms with E-state index >= 15 is 0 Å². The van der Waals surface area contributed by atoms with Gasteiger partial charge in [-0.25, -0.2) is 8.42 Å². The lowest BCUT2D eigenvalue weighted by Crippen LogP contribution is -2.39. The maximum absolute atomic E-state index is 12.8. The summed E-state index contributed by atoms with van der Waals surface area (Å²) in [5.41, 5.74) is 1.38. The van der Waals surface area contributed by atoms with Crippen LogP contribution in [-0.2, 0) is 10.0 Å². The topological polar surface area (TPSA) is 73.2 Å². The molecule has 2 saturated heterocycles. The Morgan fingerprint density at radius 1 is 1.26 bits per heavy atom. The first-order valence-electron chi connectivity index (χ1n) is 7.69. The first kappa shape index (κ1) is 18.2. The lowest BCUT2D eigenvalue weighted by Gasteiger charge is -2.33. The molecule has 126 valence electrons. The molecule has 23 heavy (non-hydrogen) atoms. The number of piperidine rings is 1. The van der Waals surface area contributed by atoms with Gasteiger partial charge in [-0.1, -0.05) is 0 Å². The third kappa shape index (κ3) is 3.38. The number of rotatable bonds is 2. The summed E-state index contributed by atoms with van der Waals surface area (Å²) >= 11 is 0. The SMILES string of the molecule is Cc1cc(S(=O)(=O)N2CCC3(CCNCC3)C2)ccc1C#N.Cl.